The Morgan fingerprint density at radius 3 is 2.47 bits per heavy atom. The zero-order valence-electron chi connectivity index (χ0n) is 18.8. The average molecular weight is 437 g/mol. The molecule has 1 fully saturated rings. The van der Waals surface area contributed by atoms with E-state index in [4.69, 9.17) is 15.2 Å². The maximum atomic E-state index is 13.3. The first-order chi connectivity index (χ1) is 13.8. The SMILES string of the molecule is CCCCOc1c(CN)n(CC(C)(C)C)c(=O)c2ccc(OC3CCCC3)cc12.Cl. The van der Waals surface area contributed by atoms with Crippen LogP contribution in [-0.4, -0.2) is 17.3 Å². The molecule has 5 nitrogen and oxygen atoms in total. The van der Waals surface area contributed by atoms with Crippen molar-refractivity contribution in [3.63, 3.8) is 0 Å². The maximum absolute atomic E-state index is 13.3. The van der Waals surface area contributed by atoms with Crippen LogP contribution in [0.15, 0.2) is 23.0 Å². The number of unbranched alkanes of at least 4 members (excludes halogenated alkanes) is 1. The van der Waals surface area contributed by atoms with E-state index in [1.807, 2.05) is 18.2 Å². The molecule has 2 N–H and O–H groups in total. The highest BCUT2D eigenvalue weighted by Crippen LogP contribution is 2.33. The number of fused-ring (bicyclic) bond motifs is 1. The van der Waals surface area contributed by atoms with Crippen molar-refractivity contribution in [1.29, 1.82) is 0 Å². The Labute approximate surface area is 186 Å². The minimum atomic E-state index is -0.0480. The molecule has 168 valence electrons. The molecule has 1 heterocycles. The van der Waals surface area contributed by atoms with Crippen LogP contribution in [0.2, 0.25) is 0 Å². The summed E-state index contributed by atoms with van der Waals surface area (Å²) in [7, 11) is 0. The Morgan fingerprint density at radius 1 is 1.17 bits per heavy atom. The molecular weight excluding hydrogens is 400 g/mol. The molecule has 0 spiro atoms. The van der Waals surface area contributed by atoms with Gasteiger partial charge in [0.1, 0.15) is 11.5 Å². The predicted octanol–water partition coefficient (Wildman–Crippen LogP) is 5.43. The Bertz CT molecular complexity index is 896. The Hall–Kier alpha value is -1.72. The van der Waals surface area contributed by atoms with Crippen LogP contribution in [0, 0.1) is 5.41 Å². The lowest BCUT2D eigenvalue weighted by Crippen LogP contribution is -2.31. The van der Waals surface area contributed by atoms with Crippen molar-refractivity contribution in [2.45, 2.75) is 85.4 Å². The Balaban J connectivity index is 0.00000320. The van der Waals surface area contributed by atoms with Gasteiger partial charge < -0.3 is 19.8 Å². The molecule has 1 aromatic carbocycles. The first kappa shape index (κ1) is 24.5. The number of ether oxygens (including phenoxy) is 2. The zero-order valence-corrected chi connectivity index (χ0v) is 19.6. The van der Waals surface area contributed by atoms with Crippen molar-refractivity contribution in [3.05, 3.63) is 34.2 Å². The molecule has 0 aliphatic heterocycles. The van der Waals surface area contributed by atoms with Crippen molar-refractivity contribution in [1.82, 2.24) is 4.57 Å². The van der Waals surface area contributed by atoms with E-state index in [-0.39, 0.29) is 36.0 Å². The molecular formula is C24H37ClN2O3. The topological polar surface area (TPSA) is 66.5 Å². The molecule has 6 heteroatoms. The van der Waals surface area contributed by atoms with E-state index < -0.39 is 0 Å². The molecule has 1 aromatic heterocycles. The van der Waals surface area contributed by atoms with Gasteiger partial charge in [-0.3, -0.25) is 4.79 Å². The van der Waals surface area contributed by atoms with E-state index in [2.05, 4.69) is 27.7 Å². The molecule has 0 atom stereocenters. The number of halogens is 1. The van der Waals surface area contributed by atoms with Crippen molar-refractivity contribution in [3.8, 4) is 11.5 Å². The number of aromatic nitrogens is 1. The standard InChI is InChI=1S/C24H36N2O3.ClH/c1-5-6-13-28-22-20-14-18(29-17-9-7-8-10-17)11-12-19(20)23(27)26(21(22)15-25)16-24(2,3)4;/h11-12,14,17H,5-10,13,15-16,25H2,1-4H3;1H. The van der Waals surface area contributed by atoms with E-state index >= 15 is 0 Å². The molecule has 0 bridgehead atoms. The number of benzene rings is 1. The number of pyridine rings is 1. The van der Waals surface area contributed by atoms with Gasteiger partial charge in [0, 0.05) is 18.5 Å². The maximum Gasteiger partial charge on any atom is 0.258 e. The molecule has 0 radical (unpaired) electrons. The first-order valence-electron chi connectivity index (χ1n) is 11.0. The number of hydrogen-bond donors (Lipinski definition) is 1. The van der Waals surface area contributed by atoms with Crippen LogP contribution in [0.4, 0.5) is 0 Å². The molecule has 0 saturated heterocycles. The summed E-state index contributed by atoms with van der Waals surface area (Å²) in [5.74, 6) is 1.54. The molecule has 0 amide bonds. The van der Waals surface area contributed by atoms with Crippen molar-refractivity contribution >= 4 is 23.2 Å². The van der Waals surface area contributed by atoms with Gasteiger partial charge in [0.15, 0.2) is 0 Å². The summed E-state index contributed by atoms with van der Waals surface area (Å²) >= 11 is 0. The summed E-state index contributed by atoms with van der Waals surface area (Å²) in [6, 6.07) is 5.77. The van der Waals surface area contributed by atoms with E-state index in [1.54, 1.807) is 4.57 Å². The fraction of sp³-hybridized carbons (Fsp3) is 0.625. The molecule has 2 aromatic rings. The lowest BCUT2D eigenvalue weighted by molar-refractivity contribution is 0.210. The lowest BCUT2D eigenvalue weighted by Gasteiger charge is -2.25. The molecule has 0 unspecified atom stereocenters. The fourth-order valence-electron chi connectivity index (χ4n) is 4.04. The fourth-order valence-corrected chi connectivity index (χ4v) is 4.04. The molecule has 30 heavy (non-hydrogen) atoms. The summed E-state index contributed by atoms with van der Waals surface area (Å²) in [6.07, 6.45) is 6.91. The summed E-state index contributed by atoms with van der Waals surface area (Å²) in [5, 5.41) is 1.48. The number of rotatable bonds is 8. The molecule has 1 saturated carbocycles. The predicted molar refractivity (Wildman–Crippen MR) is 126 cm³/mol. The van der Waals surface area contributed by atoms with Crippen molar-refractivity contribution in [2.75, 3.05) is 6.61 Å². The van der Waals surface area contributed by atoms with Gasteiger partial charge in [-0.05, 0) is 55.7 Å². The van der Waals surface area contributed by atoms with Crippen LogP contribution < -0.4 is 20.8 Å². The minimum absolute atomic E-state index is 0. The third-order valence-corrected chi connectivity index (χ3v) is 5.47. The quantitative estimate of drug-likeness (QED) is 0.560. The monoisotopic (exact) mass is 436 g/mol. The van der Waals surface area contributed by atoms with Gasteiger partial charge in [0.25, 0.3) is 5.56 Å². The van der Waals surface area contributed by atoms with Gasteiger partial charge in [-0.15, -0.1) is 12.4 Å². The van der Waals surface area contributed by atoms with Gasteiger partial charge in [0.05, 0.1) is 23.8 Å². The van der Waals surface area contributed by atoms with Gasteiger partial charge in [-0.1, -0.05) is 34.1 Å². The smallest absolute Gasteiger partial charge is 0.258 e. The van der Waals surface area contributed by atoms with Crippen molar-refractivity contribution < 1.29 is 9.47 Å². The van der Waals surface area contributed by atoms with Gasteiger partial charge in [0.2, 0.25) is 0 Å². The minimum Gasteiger partial charge on any atom is -0.491 e. The second-order valence-corrected chi connectivity index (χ2v) is 9.37. The largest absolute Gasteiger partial charge is 0.491 e. The van der Waals surface area contributed by atoms with Crippen LogP contribution in [0.25, 0.3) is 10.8 Å². The second kappa shape index (κ2) is 10.5. The number of nitrogens with two attached hydrogens (primary N) is 1. The van der Waals surface area contributed by atoms with E-state index in [0.29, 0.717) is 18.5 Å². The van der Waals surface area contributed by atoms with Crippen LogP contribution >= 0.6 is 12.4 Å². The van der Waals surface area contributed by atoms with E-state index in [0.717, 1.165) is 48.3 Å². The average Bonchev–Trinajstić information content (AvgIpc) is 3.17. The highest BCUT2D eigenvalue weighted by atomic mass is 35.5. The van der Waals surface area contributed by atoms with Crippen LogP contribution in [0.3, 0.4) is 0 Å². The first-order valence-corrected chi connectivity index (χ1v) is 11.0. The number of hydrogen-bond acceptors (Lipinski definition) is 4. The Morgan fingerprint density at radius 2 is 1.87 bits per heavy atom. The zero-order chi connectivity index (χ0) is 21.0. The summed E-state index contributed by atoms with van der Waals surface area (Å²) < 4.78 is 14.2. The van der Waals surface area contributed by atoms with Crippen molar-refractivity contribution in [2.24, 2.45) is 11.1 Å². The molecule has 3 rings (SSSR count). The summed E-state index contributed by atoms with van der Waals surface area (Å²) in [6.45, 7) is 9.98. The third-order valence-electron chi connectivity index (χ3n) is 5.47. The van der Waals surface area contributed by atoms with Crippen LogP contribution in [0.1, 0.15) is 71.9 Å². The van der Waals surface area contributed by atoms with Crippen LogP contribution in [-0.2, 0) is 13.1 Å². The second-order valence-electron chi connectivity index (χ2n) is 9.37. The van der Waals surface area contributed by atoms with E-state index in [1.165, 1.54) is 12.8 Å². The summed E-state index contributed by atoms with van der Waals surface area (Å²) in [5.41, 5.74) is 6.85. The van der Waals surface area contributed by atoms with Crippen LogP contribution in [0.5, 0.6) is 11.5 Å². The lowest BCUT2D eigenvalue weighted by atomic mass is 9.96. The highest BCUT2D eigenvalue weighted by molar-refractivity contribution is 5.89. The summed E-state index contributed by atoms with van der Waals surface area (Å²) in [4.78, 5) is 13.3. The Kier molecular flexibility index (Phi) is 8.62. The van der Waals surface area contributed by atoms with Gasteiger partial charge in [-0.2, -0.15) is 0 Å². The normalized spacial score (nSPS) is 14.7. The molecule has 1 aliphatic carbocycles. The van der Waals surface area contributed by atoms with Gasteiger partial charge in [-0.25, -0.2) is 0 Å². The number of nitrogens with zero attached hydrogens (tertiary/aromatic N) is 1. The van der Waals surface area contributed by atoms with E-state index in [9.17, 15) is 4.79 Å². The van der Waals surface area contributed by atoms with Gasteiger partial charge >= 0.3 is 0 Å². The molecule has 1 aliphatic rings. The highest BCUT2D eigenvalue weighted by Gasteiger charge is 2.22. The third kappa shape index (κ3) is 5.70.